The van der Waals surface area contributed by atoms with Gasteiger partial charge in [0.25, 0.3) is 0 Å². The van der Waals surface area contributed by atoms with Crippen molar-refractivity contribution in [1.82, 2.24) is 58.1 Å². The summed E-state index contributed by atoms with van der Waals surface area (Å²) in [7, 11) is 0. The molecule has 0 aliphatic carbocycles. The van der Waals surface area contributed by atoms with E-state index in [2.05, 4.69) is 68.1 Å². The number of nitrogens with one attached hydrogen (secondary N) is 10. The number of aliphatic imine (C=N–C) groups is 3. The van der Waals surface area contributed by atoms with Crippen molar-refractivity contribution in [3.8, 4) is 5.75 Å². The number of rotatable bonds is 45. The molecule has 0 aromatic heterocycles. The zero-order valence-corrected chi connectivity index (χ0v) is 57.8. The van der Waals surface area contributed by atoms with Crippen LogP contribution in [0.5, 0.6) is 5.75 Å². The molecule has 0 spiro atoms. The van der Waals surface area contributed by atoms with Crippen molar-refractivity contribution < 1.29 is 57.8 Å². The molecule has 1 fully saturated rings. The highest BCUT2D eigenvalue weighted by Gasteiger charge is 2.40. The maximum Gasteiger partial charge on any atom is 0.245 e. The number of carbonyl (C=O) groups is 11. The van der Waals surface area contributed by atoms with E-state index in [1.54, 1.807) is 56.3 Å². The van der Waals surface area contributed by atoms with Gasteiger partial charge in [0.2, 0.25) is 65.0 Å². The number of likely N-dealkylation sites (tertiary alicyclic amines) is 1. The summed E-state index contributed by atoms with van der Waals surface area (Å²) in [5, 5.41) is 36.9. The van der Waals surface area contributed by atoms with Crippen molar-refractivity contribution in [2.24, 2.45) is 66.8 Å². The predicted molar refractivity (Wildman–Crippen MR) is 380 cm³/mol. The number of nitrogens with two attached hydrogens (primary N) is 8. The second-order valence-corrected chi connectivity index (χ2v) is 25.0. The maximum atomic E-state index is 14.6. The number of hydrogen-bond donors (Lipinski definition) is 19. The van der Waals surface area contributed by atoms with E-state index in [0.29, 0.717) is 37.9 Å². The molecule has 101 heavy (non-hydrogen) atoms. The van der Waals surface area contributed by atoms with Crippen molar-refractivity contribution in [3.63, 3.8) is 0 Å². The van der Waals surface area contributed by atoms with Gasteiger partial charge >= 0.3 is 0 Å². The van der Waals surface area contributed by atoms with Gasteiger partial charge in [-0.05, 0) is 132 Å². The first-order valence-corrected chi connectivity index (χ1v) is 33.9. The molecule has 34 nitrogen and oxygen atoms in total. The molecule has 1 aliphatic heterocycles. The summed E-state index contributed by atoms with van der Waals surface area (Å²) in [6.07, 6.45) is 2.30. The van der Waals surface area contributed by atoms with Crippen LogP contribution in [0.25, 0.3) is 0 Å². The fraction of sp³-hybridized carbons (Fsp3) is 0.522. The zero-order chi connectivity index (χ0) is 74.4. The van der Waals surface area contributed by atoms with Crippen LogP contribution in [0, 0.1) is 5.92 Å². The number of carbonyl (C=O) groups excluding carboxylic acids is 11. The molecule has 34 heteroatoms. The number of phenols is 1. The first-order valence-electron chi connectivity index (χ1n) is 33.9. The van der Waals surface area contributed by atoms with Crippen molar-refractivity contribution in [2.45, 2.75) is 172 Å². The molecule has 554 valence electrons. The van der Waals surface area contributed by atoms with E-state index in [9.17, 15) is 57.8 Å². The Morgan fingerprint density at radius 1 is 0.485 bits per heavy atom. The van der Waals surface area contributed by atoms with Crippen LogP contribution in [0.2, 0.25) is 0 Å². The molecule has 1 aliphatic rings. The van der Waals surface area contributed by atoms with E-state index < -0.39 is 132 Å². The van der Waals surface area contributed by atoms with Crippen molar-refractivity contribution >= 4 is 82.9 Å². The molecule has 1 heterocycles. The smallest absolute Gasteiger partial charge is 0.245 e. The Bertz CT molecular complexity index is 3280. The summed E-state index contributed by atoms with van der Waals surface area (Å²) in [6, 6.07) is 13.4. The van der Waals surface area contributed by atoms with Gasteiger partial charge in [0, 0.05) is 39.1 Å². The lowest BCUT2D eigenvalue weighted by Crippen LogP contribution is -2.60. The highest BCUT2D eigenvalue weighted by atomic mass is 16.3. The number of benzene rings is 3. The van der Waals surface area contributed by atoms with Crippen LogP contribution < -0.4 is 99.0 Å². The highest BCUT2D eigenvalue weighted by molar-refractivity contribution is 5.99. The predicted octanol–water partition coefficient (Wildman–Crippen LogP) is -4.21. The van der Waals surface area contributed by atoms with Gasteiger partial charge in [-0.15, -0.1) is 0 Å². The van der Waals surface area contributed by atoms with E-state index in [1.807, 2.05) is 30.3 Å². The molecular weight excluding hydrogens is 1300 g/mol. The van der Waals surface area contributed by atoms with Crippen LogP contribution in [0.4, 0.5) is 0 Å². The minimum absolute atomic E-state index is 0.00313. The molecule has 0 unspecified atom stereocenters. The first-order chi connectivity index (χ1) is 48.1. The molecule has 27 N–H and O–H groups in total. The van der Waals surface area contributed by atoms with Gasteiger partial charge in [-0.3, -0.25) is 67.7 Å². The number of hydrogen-bond acceptors (Lipinski definition) is 17. The number of phenolic OH excluding ortho intramolecular Hbond substituents is 1. The highest BCUT2D eigenvalue weighted by Crippen LogP contribution is 2.21. The summed E-state index contributed by atoms with van der Waals surface area (Å²) < 4.78 is 0. The summed E-state index contributed by atoms with van der Waals surface area (Å²) in [5.74, 6) is -9.14. The van der Waals surface area contributed by atoms with Crippen LogP contribution in [0.1, 0.15) is 115 Å². The minimum Gasteiger partial charge on any atom is -0.508 e. The molecule has 1 saturated heterocycles. The summed E-state index contributed by atoms with van der Waals surface area (Å²) in [4.78, 5) is 166. The van der Waals surface area contributed by atoms with Gasteiger partial charge in [-0.25, -0.2) is 0 Å². The standard InChI is InChI=1S/C67H104N22O12/c1-40(2)34-51(88-62(99)52(36-42-16-6-4-7-17-42)83-55(92)39-80-54(91)38-81-58(95)50(35-43-25-27-45(90)28-26-43)79-37-44-18-8-5-9-19-44)61(98)86-48(22-13-31-77-66(72)73)60(97)85-47(21-12-30-76-65(70)71)59(96)82-41(3)57(94)87-49(23-14-32-78-67(74)75)64(101)89-33-15-24-53(89)63(100)84-46(56(69)93)20-10-11-29-68/h4-9,16-19,25-28,40-41,46-53,79,90H,10-15,20-24,29-39,68H2,1-3H3,(H2,69,93)(H,80,91)(H,81,95)(H,82,96)(H,83,92)(H,84,100)(H,85,97)(H,86,98)(H,87,94)(H,88,99)(H4,70,71,76)(H4,72,73,77)(H4,74,75,78)/t41-,46+,47+,48+,49+,50+,51+,52+,53-/m1/s1. The van der Waals surface area contributed by atoms with Gasteiger partial charge < -0.3 is 109 Å². The van der Waals surface area contributed by atoms with Gasteiger partial charge in [0.1, 0.15) is 54.1 Å². The normalized spacial score (nSPS) is 14.8. The van der Waals surface area contributed by atoms with Crippen LogP contribution in [0.3, 0.4) is 0 Å². The molecule has 4 rings (SSSR count). The lowest BCUT2D eigenvalue weighted by molar-refractivity contribution is -0.142. The van der Waals surface area contributed by atoms with E-state index in [-0.39, 0.29) is 126 Å². The Morgan fingerprint density at radius 2 is 0.960 bits per heavy atom. The number of unbranched alkanes of at least 4 members (excludes halogenated alkanes) is 1. The van der Waals surface area contributed by atoms with Crippen molar-refractivity contribution in [3.05, 3.63) is 102 Å². The number of primary amides is 1. The molecule has 3 aromatic carbocycles. The molecule has 3 aromatic rings. The minimum atomic E-state index is -1.43. The molecule has 0 radical (unpaired) electrons. The Morgan fingerprint density at radius 3 is 1.50 bits per heavy atom. The summed E-state index contributed by atoms with van der Waals surface area (Å²) in [6.45, 7) is 4.70. The lowest BCUT2D eigenvalue weighted by Gasteiger charge is -2.30. The third-order valence-electron chi connectivity index (χ3n) is 16.1. The summed E-state index contributed by atoms with van der Waals surface area (Å²) in [5.41, 5.74) is 47.0. The molecule has 9 atom stereocenters. The largest absolute Gasteiger partial charge is 0.508 e. The lowest BCUT2D eigenvalue weighted by atomic mass is 10.00. The van der Waals surface area contributed by atoms with Gasteiger partial charge in [0.05, 0.1) is 19.1 Å². The molecule has 0 saturated carbocycles. The molecule has 0 bridgehead atoms. The van der Waals surface area contributed by atoms with E-state index in [1.165, 1.54) is 24.0 Å². The summed E-state index contributed by atoms with van der Waals surface area (Å²) >= 11 is 0. The van der Waals surface area contributed by atoms with Gasteiger partial charge in [0.15, 0.2) is 17.9 Å². The fourth-order valence-corrected chi connectivity index (χ4v) is 10.8. The Kier molecular flexibility index (Phi) is 36.4. The van der Waals surface area contributed by atoms with Crippen LogP contribution in [-0.2, 0) is 72.1 Å². The van der Waals surface area contributed by atoms with Gasteiger partial charge in [-0.1, -0.05) is 86.6 Å². The fourth-order valence-electron chi connectivity index (χ4n) is 10.8. The van der Waals surface area contributed by atoms with Crippen LogP contribution in [0.15, 0.2) is 99.9 Å². The van der Waals surface area contributed by atoms with Crippen molar-refractivity contribution in [2.75, 3.05) is 45.8 Å². The first kappa shape index (κ1) is 82.8. The average molecular weight is 1410 g/mol. The third kappa shape index (κ3) is 31.8. The second-order valence-electron chi connectivity index (χ2n) is 25.0. The van der Waals surface area contributed by atoms with E-state index >= 15 is 0 Å². The SMILES string of the molecule is CC(C)C[C@H](NC(=O)[C@H](Cc1ccccc1)NC(=O)CNC(=O)CNC(=O)[C@H](Cc1ccc(O)cc1)NCc1ccccc1)C(=O)N[C@@H](CCCN=C(N)N)C(=O)N[C@@H](CCCN=C(N)N)C(=O)N[C@H](C)C(=O)N[C@@H](CCCN=C(N)N)C(=O)N1CCC[C@@H]1C(=O)N[C@@H](CCCCN)C(N)=O. The van der Waals surface area contributed by atoms with Crippen molar-refractivity contribution in [1.29, 1.82) is 0 Å². The van der Waals surface area contributed by atoms with E-state index in [4.69, 9.17) is 45.9 Å². The molecule has 11 amide bonds. The monoisotopic (exact) mass is 1410 g/mol. The second kappa shape index (κ2) is 44.4. The number of amides is 11. The quantitative estimate of drug-likeness (QED) is 0.0145. The number of aromatic hydroxyl groups is 1. The average Bonchev–Trinajstić information content (AvgIpc) is 1.75. The maximum absolute atomic E-state index is 14.6. The number of guanidine groups is 3. The number of nitrogens with zero attached hydrogens (tertiary/aromatic N) is 4. The Balaban J connectivity index is 1.52. The molecular formula is C67H104N22O12. The zero-order valence-electron chi connectivity index (χ0n) is 57.8. The Hall–Kier alpha value is -10.6. The van der Waals surface area contributed by atoms with Crippen LogP contribution >= 0.6 is 0 Å². The topological polar surface area (TPSA) is 577 Å². The van der Waals surface area contributed by atoms with E-state index in [0.717, 1.165) is 11.1 Å². The van der Waals surface area contributed by atoms with Gasteiger partial charge in [-0.2, -0.15) is 0 Å². The van der Waals surface area contributed by atoms with Crippen LogP contribution in [-0.4, -0.2) is 193 Å². The Labute approximate surface area is 588 Å². The third-order valence-corrected chi connectivity index (χ3v) is 16.1.